The summed E-state index contributed by atoms with van der Waals surface area (Å²) in [6, 6.07) is 7.71. The van der Waals surface area contributed by atoms with Crippen molar-refractivity contribution < 1.29 is 28.7 Å². The van der Waals surface area contributed by atoms with Crippen LogP contribution < -0.4 is 10.6 Å². The van der Waals surface area contributed by atoms with Gasteiger partial charge < -0.3 is 25.2 Å². The molecule has 0 bridgehead atoms. The lowest BCUT2D eigenvalue weighted by atomic mass is 9.75. The van der Waals surface area contributed by atoms with E-state index in [1.807, 2.05) is 38.1 Å². The monoisotopic (exact) mass is 555 g/mol. The van der Waals surface area contributed by atoms with Gasteiger partial charge >= 0.3 is 6.09 Å². The summed E-state index contributed by atoms with van der Waals surface area (Å²) in [5.41, 5.74) is 0.639. The minimum absolute atomic E-state index is 0.169. The Bertz CT molecular complexity index is 1120. The van der Waals surface area contributed by atoms with Gasteiger partial charge in [0.1, 0.15) is 18.7 Å². The van der Waals surface area contributed by atoms with E-state index in [-0.39, 0.29) is 44.0 Å². The van der Waals surface area contributed by atoms with Crippen LogP contribution in [-0.2, 0) is 35.9 Å². The summed E-state index contributed by atoms with van der Waals surface area (Å²) in [6.07, 6.45) is 3.34. The van der Waals surface area contributed by atoms with Crippen LogP contribution in [-0.4, -0.2) is 96.8 Å². The number of nitrogens with zero attached hydrogens (tertiary/aromatic N) is 3. The van der Waals surface area contributed by atoms with Gasteiger partial charge in [-0.05, 0) is 55.6 Å². The van der Waals surface area contributed by atoms with Crippen LogP contribution in [0.5, 0.6) is 0 Å². The van der Waals surface area contributed by atoms with Crippen LogP contribution in [0, 0.1) is 5.92 Å². The molecule has 0 aromatic heterocycles. The zero-order chi connectivity index (χ0) is 28.7. The molecule has 1 aromatic carbocycles. The standard InChI is InChI=1S/C29H41N5O6/c1-21(2)11-15-33-18-24(35)31-29(12-7-9-22-8-3-4-10-23(22)29)27(38)30-13-5-6-14-32(19-25(33)36)26(37)20-34-16-17-40-28(34)39/h3-4,8,10,21H,5-7,9,11-20H2,1-2H3,(H,30,38)(H,31,35). The molecule has 1 spiro atoms. The average molecular weight is 556 g/mol. The van der Waals surface area contributed by atoms with Crippen LogP contribution in [0.1, 0.15) is 57.1 Å². The molecule has 1 unspecified atom stereocenters. The SMILES string of the molecule is CC(C)CCN1CC(=O)NC2(CCCc3ccccc32)C(=O)NCCCCN(C(=O)CN2CCOC2=O)CC1=O. The highest BCUT2D eigenvalue weighted by molar-refractivity contribution is 5.95. The number of carbonyl (C=O) groups is 5. The van der Waals surface area contributed by atoms with Gasteiger partial charge in [-0.2, -0.15) is 0 Å². The first-order valence-electron chi connectivity index (χ1n) is 14.3. The van der Waals surface area contributed by atoms with E-state index in [1.165, 1.54) is 14.7 Å². The normalized spacial score (nSPS) is 23.0. The predicted molar refractivity (Wildman–Crippen MR) is 147 cm³/mol. The number of benzene rings is 1. The topological polar surface area (TPSA) is 128 Å². The van der Waals surface area contributed by atoms with E-state index >= 15 is 0 Å². The van der Waals surface area contributed by atoms with E-state index in [1.54, 1.807) is 0 Å². The molecule has 2 fully saturated rings. The van der Waals surface area contributed by atoms with E-state index in [0.717, 1.165) is 24.0 Å². The molecule has 1 aliphatic carbocycles. The Kier molecular flexibility index (Phi) is 9.65. The van der Waals surface area contributed by atoms with Gasteiger partial charge in [0.25, 0.3) is 0 Å². The van der Waals surface area contributed by atoms with E-state index in [9.17, 15) is 24.0 Å². The number of fused-ring (bicyclic) bond motifs is 2. The van der Waals surface area contributed by atoms with Gasteiger partial charge in [0.15, 0.2) is 0 Å². The van der Waals surface area contributed by atoms with Crippen molar-refractivity contribution in [3.05, 3.63) is 35.4 Å². The summed E-state index contributed by atoms with van der Waals surface area (Å²) in [5, 5.41) is 6.05. The Balaban J connectivity index is 1.57. The Morgan fingerprint density at radius 1 is 1.02 bits per heavy atom. The number of aryl methyl sites for hydroxylation is 1. The molecule has 11 nitrogen and oxygen atoms in total. The Labute approximate surface area is 235 Å². The first kappa shape index (κ1) is 29.4. The molecule has 218 valence electrons. The largest absolute Gasteiger partial charge is 0.448 e. The fraction of sp³-hybridized carbons (Fsp3) is 0.621. The highest BCUT2D eigenvalue weighted by atomic mass is 16.6. The van der Waals surface area contributed by atoms with E-state index in [2.05, 4.69) is 10.6 Å². The van der Waals surface area contributed by atoms with Crippen molar-refractivity contribution in [2.45, 2.75) is 57.9 Å². The quantitative estimate of drug-likeness (QED) is 0.565. The molecule has 4 rings (SSSR count). The van der Waals surface area contributed by atoms with Crippen molar-refractivity contribution in [1.29, 1.82) is 0 Å². The number of hydrogen-bond donors (Lipinski definition) is 2. The summed E-state index contributed by atoms with van der Waals surface area (Å²) < 4.78 is 4.93. The zero-order valence-electron chi connectivity index (χ0n) is 23.6. The van der Waals surface area contributed by atoms with Crippen molar-refractivity contribution in [3.63, 3.8) is 0 Å². The van der Waals surface area contributed by atoms with Crippen molar-refractivity contribution in [2.75, 3.05) is 52.4 Å². The average Bonchev–Trinajstić information content (AvgIpc) is 3.33. The Morgan fingerprint density at radius 3 is 2.58 bits per heavy atom. The molecule has 2 aliphatic heterocycles. The number of hydrogen-bond acceptors (Lipinski definition) is 6. The van der Waals surface area contributed by atoms with Crippen LogP contribution in [0.25, 0.3) is 0 Å². The number of nitrogens with one attached hydrogen (secondary N) is 2. The number of cyclic esters (lactones) is 1. The minimum Gasteiger partial charge on any atom is -0.448 e. The predicted octanol–water partition coefficient (Wildman–Crippen LogP) is 1.40. The smallest absolute Gasteiger partial charge is 0.410 e. The fourth-order valence-corrected chi connectivity index (χ4v) is 5.58. The third-order valence-electron chi connectivity index (χ3n) is 7.87. The van der Waals surface area contributed by atoms with Crippen LogP contribution >= 0.6 is 0 Å². The summed E-state index contributed by atoms with van der Waals surface area (Å²) in [5.74, 6) is -1.07. The highest BCUT2D eigenvalue weighted by Gasteiger charge is 2.44. The van der Waals surface area contributed by atoms with E-state index in [4.69, 9.17) is 4.74 Å². The molecule has 3 aliphatic rings. The molecular formula is C29H41N5O6. The molecule has 1 atom stereocenters. The summed E-state index contributed by atoms with van der Waals surface area (Å²) in [4.78, 5) is 70.1. The molecule has 2 heterocycles. The van der Waals surface area contributed by atoms with Crippen molar-refractivity contribution >= 4 is 29.7 Å². The van der Waals surface area contributed by atoms with Crippen molar-refractivity contribution in [3.8, 4) is 0 Å². The molecule has 2 N–H and O–H groups in total. The third kappa shape index (κ3) is 6.92. The van der Waals surface area contributed by atoms with Crippen molar-refractivity contribution in [2.24, 2.45) is 5.92 Å². The van der Waals surface area contributed by atoms with Gasteiger partial charge in [0.05, 0.1) is 19.6 Å². The molecule has 5 amide bonds. The van der Waals surface area contributed by atoms with E-state index < -0.39 is 17.5 Å². The Hall–Kier alpha value is -3.63. The van der Waals surface area contributed by atoms with Gasteiger partial charge in [-0.1, -0.05) is 38.1 Å². The second kappa shape index (κ2) is 13.1. The molecule has 0 saturated carbocycles. The fourth-order valence-electron chi connectivity index (χ4n) is 5.58. The molecular weight excluding hydrogens is 514 g/mol. The lowest BCUT2D eigenvalue weighted by molar-refractivity contribution is -0.143. The second-order valence-corrected chi connectivity index (χ2v) is 11.3. The van der Waals surface area contributed by atoms with Gasteiger partial charge in [0.2, 0.25) is 23.6 Å². The van der Waals surface area contributed by atoms with Crippen LogP contribution in [0.15, 0.2) is 24.3 Å². The van der Waals surface area contributed by atoms with Crippen LogP contribution in [0.2, 0.25) is 0 Å². The molecule has 0 radical (unpaired) electrons. The molecule has 11 heteroatoms. The summed E-state index contributed by atoms with van der Waals surface area (Å²) in [7, 11) is 0. The van der Waals surface area contributed by atoms with Gasteiger partial charge in [0, 0.05) is 19.6 Å². The Morgan fingerprint density at radius 2 is 1.82 bits per heavy atom. The number of carbonyl (C=O) groups excluding carboxylic acids is 5. The maximum absolute atomic E-state index is 13.7. The number of rotatable bonds is 5. The van der Waals surface area contributed by atoms with Crippen LogP contribution in [0.4, 0.5) is 4.79 Å². The minimum atomic E-state index is -1.20. The van der Waals surface area contributed by atoms with Gasteiger partial charge in [-0.25, -0.2) is 4.79 Å². The van der Waals surface area contributed by atoms with E-state index in [0.29, 0.717) is 57.8 Å². The first-order chi connectivity index (χ1) is 19.2. The first-order valence-corrected chi connectivity index (χ1v) is 14.3. The molecule has 1 aromatic rings. The third-order valence-corrected chi connectivity index (χ3v) is 7.87. The lowest BCUT2D eigenvalue weighted by Gasteiger charge is -2.39. The maximum atomic E-state index is 13.7. The summed E-state index contributed by atoms with van der Waals surface area (Å²) in [6.45, 7) is 5.07. The second-order valence-electron chi connectivity index (χ2n) is 11.3. The highest BCUT2D eigenvalue weighted by Crippen LogP contribution is 2.36. The number of amides is 5. The summed E-state index contributed by atoms with van der Waals surface area (Å²) >= 11 is 0. The van der Waals surface area contributed by atoms with Crippen molar-refractivity contribution in [1.82, 2.24) is 25.3 Å². The molecule has 2 saturated heterocycles. The molecule has 40 heavy (non-hydrogen) atoms. The lowest BCUT2D eigenvalue weighted by Crippen LogP contribution is -2.60. The number of ether oxygens (including phenoxy) is 1. The maximum Gasteiger partial charge on any atom is 0.410 e. The van der Waals surface area contributed by atoms with Gasteiger partial charge in [-0.15, -0.1) is 0 Å². The zero-order valence-corrected chi connectivity index (χ0v) is 23.6. The van der Waals surface area contributed by atoms with Crippen LogP contribution in [0.3, 0.4) is 0 Å². The van der Waals surface area contributed by atoms with Gasteiger partial charge in [-0.3, -0.25) is 24.1 Å².